The molecule has 0 fully saturated rings. The molecule has 0 saturated heterocycles. The smallest absolute Gasteiger partial charge is 0.139 e. The van der Waals surface area contributed by atoms with Crippen molar-refractivity contribution in [1.29, 1.82) is 0 Å². The molecule has 0 aromatic heterocycles. The Morgan fingerprint density at radius 2 is 1.75 bits per heavy atom. The zero-order valence-electron chi connectivity index (χ0n) is 11.0. The highest BCUT2D eigenvalue weighted by atomic mass is 35.5. The molecule has 3 nitrogen and oxygen atoms in total. The van der Waals surface area contributed by atoms with E-state index in [4.69, 9.17) is 15.8 Å². The normalized spacial score (nSPS) is 9.90. The van der Waals surface area contributed by atoms with Gasteiger partial charge >= 0.3 is 0 Å². The van der Waals surface area contributed by atoms with Crippen LogP contribution in [0.25, 0.3) is 0 Å². The molecule has 0 aliphatic rings. The van der Waals surface area contributed by atoms with Crippen LogP contribution >= 0.6 is 23.6 Å². The second kappa shape index (κ2) is 7.12. The summed E-state index contributed by atoms with van der Waals surface area (Å²) < 4.78 is 5.37. The van der Waals surface area contributed by atoms with Crippen LogP contribution in [0.15, 0.2) is 60.9 Å². The number of nitrogens with one attached hydrogen (secondary N) is 2. The van der Waals surface area contributed by atoms with E-state index in [1.807, 2.05) is 54.8 Å². The Balaban J connectivity index is 1.99. The molecule has 20 heavy (non-hydrogen) atoms. The summed E-state index contributed by atoms with van der Waals surface area (Å²) >= 11 is 7.24. The minimum Gasteiger partial charge on any atom is -0.426 e. The van der Waals surface area contributed by atoms with Crippen LogP contribution < -0.4 is 14.8 Å². The van der Waals surface area contributed by atoms with Crippen LogP contribution in [-0.2, 0) is 0 Å². The molecule has 2 rings (SSSR count). The summed E-state index contributed by atoms with van der Waals surface area (Å²) in [6, 6.07) is 15.1. The summed E-state index contributed by atoms with van der Waals surface area (Å²) in [5, 5.41) is 7.00. The molecule has 0 aliphatic heterocycles. The van der Waals surface area contributed by atoms with E-state index in [-0.39, 0.29) is 0 Å². The highest BCUT2D eigenvalue weighted by molar-refractivity contribution is 7.94. The highest BCUT2D eigenvalue weighted by Gasteiger charge is 2.00. The lowest BCUT2D eigenvalue weighted by molar-refractivity contribution is 0.650. The van der Waals surface area contributed by atoms with E-state index in [1.54, 1.807) is 0 Å². The zero-order valence-corrected chi connectivity index (χ0v) is 12.6. The van der Waals surface area contributed by atoms with Crippen molar-refractivity contribution >= 4 is 35.0 Å². The van der Waals surface area contributed by atoms with Gasteiger partial charge in [0.15, 0.2) is 0 Å². The van der Waals surface area contributed by atoms with Gasteiger partial charge < -0.3 is 14.8 Å². The van der Waals surface area contributed by atoms with Crippen molar-refractivity contribution in [3.8, 4) is 5.75 Å². The summed E-state index contributed by atoms with van der Waals surface area (Å²) in [6.07, 6.45) is 1.87. The maximum atomic E-state index is 5.94. The first-order valence-electron chi connectivity index (χ1n) is 5.96. The number of anilines is 2. The molecule has 0 heterocycles. The third kappa shape index (κ3) is 4.40. The van der Waals surface area contributed by atoms with Gasteiger partial charge in [0.1, 0.15) is 11.6 Å². The van der Waals surface area contributed by atoms with Gasteiger partial charge in [-0.2, -0.15) is 0 Å². The van der Waals surface area contributed by atoms with Crippen molar-refractivity contribution in [2.45, 2.75) is 0 Å². The van der Waals surface area contributed by atoms with Gasteiger partial charge in [-0.05, 0) is 30.3 Å². The SMILES string of the molecule is C=C(Nc1cccc(Cl)c1)Nc1cccc(OSC)c1. The monoisotopic (exact) mass is 306 g/mol. The van der Waals surface area contributed by atoms with Crippen molar-refractivity contribution in [2.24, 2.45) is 0 Å². The maximum absolute atomic E-state index is 5.94. The van der Waals surface area contributed by atoms with Gasteiger partial charge in [0.2, 0.25) is 0 Å². The minimum atomic E-state index is 0.661. The van der Waals surface area contributed by atoms with Gasteiger partial charge in [0.05, 0.1) is 12.0 Å². The third-order valence-electron chi connectivity index (χ3n) is 2.43. The summed E-state index contributed by atoms with van der Waals surface area (Å²) in [7, 11) is 0. The number of hydrogen-bond donors (Lipinski definition) is 2. The van der Waals surface area contributed by atoms with Crippen LogP contribution in [0.2, 0.25) is 5.02 Å². The van der Waals surface area contributed by atoms with Gasteiger partial charge in [-0.15, -0.1) is 0 Å². The van der Waals surface area contributed by atoms with E-state index < -0.39 is 0 Å². The Morgan fingerprint density at radius 1 is 1.10 bits per heavy atom. The standard InChI is InChI=1S/C15H15ClN2OS/c1-11(17-13-6-3-5-12(16)9-13)18-14-7-4-8-15(10-14)19-20-2/h3-10,17-18H,1H2,2H3. The molecule has 0 bridgehead atoms. The molecular weight excluding hydrogens is 292 g/mol. The molecule has 2 aromatic carbocycles. The number of rotatable bonds is 6. The van der Waals surface area contributed by atoms with E-state index >= 15 is 0 Å². The molecule has 0 spiro atoms. The van der Waals surface area contributed by atoms with Gasteiger partial charge in [-0.3, -0.25) is 0 Å². The van der Waals surface area contributed by atoms with Crippen molar-refractivity contribution in [3.63, 3.8) is 0 Å². The van der Waals surface area contributed by atoms with E-state index in [0.717, 1.165) is 17.1 Å². The first-order valence-corrected chi connectivity index (χ1v) is 7.49. The fraction of sp³-hybridized carbons (Fsp3) is 0.0667. The van der Waals surface area contributed by atoms with Crippen molar-refractivity contribution in [1.82, 2.24) is 0 Å². The topological polar surface area (TPSA) is 33.3 Å². The van der Waals surface area contributed by atoms with Gasteiger partial charge in [0, 0.05) is 28.7 Å². The molecular formula is C15H15ClN2OS. The van der Waals surface area contributed by atoms with E-state index in [0.29, 0.717) is 10.8 Å². The van der Waals surface area contributed by atoms with Crippen LogP contribution in [0.4, 0.5) is 11.4 Å². The zero-order chi connectivity index (χ0) is 14.4. The molecule has 5 heteroatoms. The lowest BCUT2D eigenvalue weighted by atomic mass is 10.3. The number of hydrogen-bond acceptors (Lipinski definition) is 4. The molecule has 2 aromatic rings. The second-order valence-electron chi connectivity index (χ2n) is 4.02. The average molecular weight is 307 g/mol. The second-order valence-corrected chi connectivity index (χ2v) is 4.95. The van der Waals surface area contributed by atoms with Crippen molar-refractivity contribution in [2.75, 3.05) is 16.9 Å². The fourth-order valence-corrected chi connectivity index (χ4v) is 2.15. The molecule has 2 N–H and O–H groups in total. The molecule has 0 unspecified atom stereocenters. The summed E-state index contributed by atoms with van der Waals surface area (Å²) in [6.45, 7) is 3.94. The molecule has 0 amide bonds. The summed E-state index contributed by atoms with van der Waals surface area (Å²) in [5.41, 5.74) is 1.78. The Labute approximate surface area is 128 Å². The lowest BCUT2D eigenvalue weighted by Crippen LogP contribution is -2.07. The Morgan fingerprint density at radius 3 is 2.40 bits per heavy atom. The fourth-order valence-electron chi connectivity index (χ4n) is 1.67. The first kappa shape index (κ1) is 14.6. The molecule has 0 saturated carbocycles. The molecule has 0 radical (unpaired) electrons. The summed E-state index contributed by atoms with van der Waals surface area (Å²) in [4.78, 5) is 0. The predicted octanol–water partition coefficient (Wildman–Crippen LogP) is 4.99. The average Bonchev–Trinajstić information content (AvgIpc) is 2.39. The van der Waals surface area contributed by atoms with Crippen LogP contribution in [0.3, 0.4) is 0 Å². The number of benzene rings is 2. The van der Waals surface area contributed by atoms with Crippen molar-refractivity contribution in [3.05, 3.63) is 66.0 Å². The molecule has 0 aliphatic carbocycles. The number of halogens is 1. The van der Waals surface area contributed by atoms with Crippen LogP contribution in [0.5, 0.6) is 5.75 Å². The Bertz CT molecular complexity index is 604. The highest BCUT2D eigenvalue weighted by Crippen LogP contribution is 2.22. The Kier molecular flexibility index (Phi) is 5.21. The maximum Gasteiger partial charge on any atom is 0.139 e. The van der Waals surface area contributed by atoms with E-state index in [2.05, 4.69) is 17.2 Å². The van der Waals surface area contributed by atoms with Crippen LogP contribution in [-0.4, -0.2) is 6.26 Å². The largest absolute Gasteiger partial charge is 0.426 e. The molecule has 104 valence electrons. The first-order chi connectivity index (χ1) is 9.67. The van der Waals surface area contributed by atoms with E-state index in [1.165, 1.54) is 12.0 Å². The van der Waals surface area contributed by atoms with Crippen LogP contribution in [0, 0.1) is 0 Å². The third-order valence-corrected chi connectivity index (χ3v) is 3.02. The minimum absolute atomic E-state index is 0.661. The summed E-state index contributed by atoms with van der Waals surface area (Å²) in [5.74, 6) is 1.45. The Hall–Kier alpha value is -1.78. The van der Waals surface area contributed by atoms with Gasteiger partial charge in [-0.1, -0.05) is 30.3 Å². The predicted molar refractivity (Wildman–Crippen MR) is 88.4 cm³/mol. The van der Waals surface area contributed by atoms with Crippen molar-refractivity contribution < 1.29 is 4.18 Å². The lowest BCUT2D eigenvalue weighted by Gasteiger charge is -2.13. The van der Waals surface area contributed by atoms with Gasteiger partial charge in [-0.25, -0.2) is 0 Å². The van der Waals surface area contributed by atoms with E-state index in [9.17, 15) is 0 Å². The van der Waals surface area contributed by atoms with Crippen LogP contribution in [0.1, 0.15) is 0 Å². The van der Waals surface area contributed by atoms with Gasteiger partial charge in [0.25, 0.3) is 0 Å². The molecule has 0 atom stereocenters. The quantitative estimate of drug-likeness (QED) is 0.736.